The molecule has 90 valence electrons. The molecule has 2 rings (SSSR count). The largest absolute Gasteiger partial charge is 0.359 e. The van der Waals surface area contributed by atoms with Crippen LogP contribution in [0, 0.1) is 6.92 Å². The molecule has 2 aromatic rings. The first-order valence-electron chi connectivity index (χ1n) is 4.76. The first-order chi connectivity index (χ1) is 8.10. The number of nitrogen functional groups attached to an aromatic ring is 1. The molecule has 0 aliphatic carbocycles. The Labute approximate surface area is 101 Å². The zero-order chi connectivity index (χ0) is 12.4. The standard InChI is InChI=1S/C9H10ClN5O2/c1-5-7(10)4-15(13-5)3-6-2-8(14-17-6)9(16)12-11/h2,4H,3,11H2,1H3,(H,12,16). The average molecular weight is 256 g/mol. The van der Waals surface area contributed by atoms with Crippen LogP contribution in [-0.4, -0.2) is 20.8 Å². The van der Waals surface area contributed by atoms with Crippen molar-refractivity contribution in [2.24, 2.45) is 5.84 Å². The SMILES string of the molecule is Cc1nn(Cc2cc(C(=O)NN)no2)cc1Cl. The Morgan fingerprint density at radius 3 is 3.06 bits per heavy atom. The molecule has 0 aliphatic heterocycles. The highest BCUT2D eigenvalue weighted by Gasteiger charge is 2.12. The number of carbonyl (C=O) groups excluding carboxylic acids is 1. The van der Waals surface area contributed by atoms with Crippen molar-refractivity contribution >= 4 is 17.5 Å². The minimum atomic E-state index is -0.505. The molecule has 3 N–H and O–H groups in total. The van der Waals surface area contributed by atoms with Crippen molar-refractivity contribution in [1.29, 1.82) is 0 Å². The van der Waals surface area contributed by atoms with Gasteiger partial charge in [0.2, 0.25) is 0 Å². The Balaban J connectivity index is 2.14. The zero-order valence-electron chi connectivity index (χ0n) is 8.98. The average Bonchev–Trinajstić information content (AvgIpc) is 2.87. The second-order valence-corrected chi connectivity index (χ2v) is 3.82. The highest BCUT2D eigenvalue weighted by atomic mass is 35.5. The molecule has 17 heavy (non-hydrogen) atoms. The molecule has 0 fully saturated rings. The fourth-order valence-electron chi connectivity index (χ4n) is 1.30. The van der Waals surface area contributed by atoms with Gasteiger partial charge in [0.1, 0.15) is 6.54 Å². The lowest BCUT2D eigenvalue weighted by Gasteiger charge is -1.94. The predicted molar refractivity (Wildman–Crippen MR) is 59.2 cm³/mol. The van der Waals surface area contributed by atoms with E-state index in [1.165, 1.54) is 6.07 Å². The van der Waals surface area contributed by atoms with Crippen molar-refractivity contribution in [2.45, 2.75) is 13.5 Å². The number of amides is 1. The third kappa shape index (κ3) is 2.45. The van der Waals surface area contributed by atoms with Crippen molar-refractivity contribution < 1.29 is 9.32 Å². The number of nitrogens with two attached hydrogens (primary N) is 1. The number of nitrogens with zero attached hydrogens (tertiary/aromatic N) is 3. The molecule has 0 saturated heterocycles. The summed E-state index contributed by atoms with van der Waals surface area (Å²) in [5, 5.41) is 8.30. The van der Waals surface area contributed by atoms with Crippen LogP contribution in [0.3, 0.4) is 0 Å². The van der Waals surface area contributed by atoms with Crippen molar-refractivity contribution in [3.63, 3.8) is 0 Å². The summed E-state index contributed by atoms with van der Waals surface area (Å²) in [4.78, 5) is 11.1. The number of aromatic nitrogens is 3. The lowest BCUT2D eigenvalue weighted by Crippen LogP contribution is -2.30. The van der Waals surface area contributed by atoms with Crippen LogP contribution in [-0.2, 0) is 6.54 Å². The number of halogens is 1. The highest BCUT2D eigenvalue weighted by molar-refractivity contribution is 6.31. The fourth-order valence-corrected chi connectivity index (χ4v) is 1.45. The highest BCUT2D eigenvalue weighted by Crippen LogP contribution is 2.13. The molecule has 7 nitrogen and oxygen atoms in total. The van der Waals surface area contributed by atoms with E-state index in [0.717, 1.165) is 5.69 Å². The molecule has 0 radical (unpaired) electrons. The predicted octanol–water partition coefficient (Wildman–Crippen LogP) is 0.485. The van der Waals surface area contributed by atoms with Crippen LogP contribution in [0.1, 0.15) is 21.9 Å². The summed E-state index contributed by atoms with van der Waals surface area (Å²) in [6, 6.07) is 1.49. The van der Waals surface area contributed by atoms with Crippen molar-refractivity contribution in [3.05, 3.63) is 34.4 Å². The van der Waals surface area contributed by atoms with Gasteiger partial charge < -0.3 is 4.52 Å². The number of rotatable bonds is 3. The number of hydrogen-bond donors (Lipinski definition) is 2. The van der Waals surface area contributed by atoms with E-state index in [1.807, 2.05) is 5.43 Å². The third-order valence-electron chi connectivity index (χ3n) is 2.13. The maximum atomic E-state index is 11.1. The van der Waals surface area contributed by atoms with Crippen LogP contribution in [0.15, 0.2) is 16.8 Å². The second kappa shape index (κ2) is 4.56. The van der Waals surface area contributed by atoms with E-state index in [-0.39, 0.29) is 5.69 Å². The Bertz CT molecular complexity index is 528. The number of nitrogens with one attached hydrogen (secondary N) is 1. The van der Waals surface area contributed by atoms with Crippen molar-refractivity contribution in [1.82, 2.24) is 20.4 Å². The molecular formula is C9H10ClN5O2. The van der Waals surface area contributed by atoms with Crippen molar-refractivity contribution in [2.75, 3.05) is 0 Å². The maximum absolute atomic E-state index is 11.1. The molecule has 0 aliphatic rings. The van der Waals surface area contributed by atoms with Gasteiger partial charge >= 0.3 is 0 Å². The van der Waals surface area contributed by atoms with Gasteiger partial charge in [0.15, 0.2) is 11.5 Å². The van der Waals surface area contributed by atoms with Crippen LogP contribution in [0.5, 0.6) is 0 Å². The molecule has 2 heterocycles. The van der Waals surface area contributed by atoms with Crippen LogP contribution in [0.4, 0.5) is 0 Å². The molecule has 0 atom stereocenters. The molecule has 0 unspecified atom stereocenters. The molecule has 0 spiro atoms. The first-order valence-corrected chi connectivity index (χ1v) is 5.14. The zero-order valence-corrected chi connectivity index (χ0v) is 9.73. The molecule has 2 aromatic heterocycles. The van der Waals surface area contributed by atoms with E-state index in [4.69, 9.17) is 22.0 Å². The lowest BCUT2D eigenvalue weighted by atomic mass is 10.3. The summed E-state index contributed by atoms with van der Waals surface area (Å²) in [6.07, 6.45) is 1.67. The lowest BCUT2D eigenvalue weighted by molar-refractivity contribution is 0.0944. The van der Waals surface area contributed by atoms with E-state index in [0.29, 0.717) is 17.3 Å². The second-order valence-electron chi connectivity index (χ2n) is 3.41. The Morgan fingerprint density at radius 2 is 2.47 bits per heavy atom. The van der Waals surface area contributed by atoms with Gasteiger partial charge in [-0.1, -0.05) is 16.8 Å². The van der Waals surface area contributed by atoms with Gasteiger partial charge in [-0.05, 0) is 6.92 Å². The van der Waals surface area contributed by atoms with Gasteiger partial charge in [-0.15, -0.1) is 0 Å². The smallest absolute Gasteiger partial charge is 0.287 e. The van der Waals surface area contributed by atoms with Gasteiger partial charge in [-0.2, -0.15) is 5.10 Å². The van der Waals surface area contributed by atoms with Crippen molar-refractivity contribution in [3.8, 4) is 0 Å². The van der Waals surface area contributed by atoms with Crippen LogP contribution >= 0.6 is 11.6 Å². The van der Waals surface area contributed by atoms with E-state index in [9.17, 15) is 4.79 Å². The first kappa shape index (κ1) is 11.6. The fraction of sp³-hybridized carbons (Fsp3) is 0.222. The Morgan fingerprint density at radius 1 is 1.71 bits per heavy atom. The minimum absolute atomic E-state index is 0.123. The summed E-state index contributed by atoms with van der Waals surface area (Å²) < 4.78 is 6.57. The Hall–Kier alpha value is -1.86. The molecule has 0 saturated carbocycles. The number of hydrogen-bond acceptors (Lipinski definition) is 5. The van der Waals surface area contributed by atoms with E-state index in [2.05, 4.69) is 10.3 Å². The summed E-state index contributed by atoms with van der Waals surface area (Å²) in [5.74, 6) is 4.96. The molecular weight excluding hydrogens is 246 g/mol. The van der Waals surface area contributed by atoms with Gasteiger partial charge in [-0.25, -0.2) is 5.84 Å². The molecule has 0 bridgehead atoms. The number of carbonyl (C=O) groups is 1. The molecule has 0 aromatic carbocycles. The van der Waals surface area contributed by atoms with E-state index in [1.54, 1.807) is 17.8 Å². The minimum Gasteiger partial charge on any atom is -0.359 e. The topological polar surface area (TPSA) is 99.0 Å². The van der Waals surface area contributed by atoms with Gasteiger partial charge in [0.05, 0.1) is 10.7 Å². The van der Waals surface area contributed by atoms with Crippen LogP contribution < -0.4 is 11.3 Å². The van der Waals surface area contributed by atoms with Gasteiger partial charge in [0, 0.05) is 12.3 Å². The van der Waals surface area contributed by atoms with Gasteiger partial charge in [-0.3, -0.25) is 14.9 Å². The quantitative estimate of drug-likeness (QED) is 0.472. The maximum Gasteiger partial charge on any atom is 0.287 e. The summed E-state index contributed by atoms with van der Waals surface area (Å²) in [5.41, 5.74) is 2.82. The van der Waals surface area contributed by atoms with E-state index >= 15 is 0 Å². The Kier molecular flexibility index (Phi) is 3.12. The van der Waals surface area contributed by atoms with Gasteiger partial charge in [0.25, 0.3) is 5.91 Å². The summed E-state index contributed by atoms with van der Waals surface area (Å²) >= 11 is 5.86. The summed E-state index contributed by atoms with van der Waals surface area (Å²) in [6.45, 7) is 2.14. The molecule has 8 heteroatoms. The van der Waals surface area contributed by atoms with Crippen LogP contribution in [0.2, 0.25) is 5.02 Å². The normalized spacial score (nSPS) is 10.5. The number of aryl methyl sites for hydroxylation is 1. The monoisotopic (exact) mass is 255 g/mol. The van der Waals surface area contributed by atoms with Crippen LogP contribution in [0.25, 0.3) is 0 Å². The summed E-state index contributed by atoms with van der Waals surface area (Å²) in [7, 11) is 0. The van der Waals surface area contributed by atoms with E-state index < -0.39 is 5.91 Å². The number of hydrazine groups is 1. The third-order valence-corrected chi connectivity index (χ3v) is 2.50. The molecule has 1 amide bonds.